The van der Waals surface area contributed by atoms with E-state index in [9.17, 15) is 18.8 Å². The Morgan fingerprint density at radius 1 is 1.15 bits per heavy atom. The lowest BCUT2D eigenvalue weighted by molar-refractivity contribution is -0.133. The van der Waals surface area contributed by atoms with Crippen LogP contribution in [0.15, 0.2) is 42.5 Å². The molecule has 0 spiro atoms. The Labute approximate surface area is 203 Å². The molecule has 1 saturated heterocycles. The Morgan fingerprint density at radius 2 is 1.85 bits per heavy atom. The van der Waals surface area contributed by atoms with Crippen molar-refractivity contribution in [1.29, 1.82) is 0 Å². The summed E-state index contributed by atoms with van der Waals surface area (Å²) in [5, 5.41) is 3.13. The highest BCUT2D eigenvalue weighted by atomic mass is 35.5. The van der Waals surface area contributed by atoms with Crippen LogP contribution in [0, 0.1) is 11.7 Å². The Bertz CT molecular complexity index is 1030. The van der Waals surface area contributed by atoms with E-state index in [1.54, 1.807) is 28.0 Å². The van der Waals surface area contributed by atoms with Crippen LogP contribution in [0.1, 0.15) is 37.0 Å². The third-order valence-electron chi connectivity index (χ3n) is 5.84. The minimum absolute atomic E-state index is 0.118. The molecule has 0 aliphatic carbocycles. The average molecular weight is 490 g/mol. The SMILES string of the molecule is CCN(CC)C(=O)COc1ccc(NC(=O)C2CCCN(C(=O)c3ccc(F)cc3)C2)cc1Cl. The van der Waals surface area contributed by atoms with Crippen molar-refractivity contribution in [3.8, 4) is 5.75 Å². The molecule has 9 heteroatoms. The zero-order valence-electron chi connectivity index (χ0n) is 19.4. The quantitative estimate of drug-likeness (QED) is 0.602. The third kappa shape index (κ3) is 6.47. The highest BCUT2D eigenvalue weighted by Crippen LogP contribution is 2.29. The molecular weight excluding hydrogens is 461 g/mol. The van der Waals surface area contributed by atoms with Crippen molar-refractivity contribution in [2.75, 3.05) is 38.1 Å². The minimum Gasteiger partial charge on any atom is -0.482 e. The van der Waals surface area contributed by atoms with Crippen molar-refractivity contribution >= 4 is 35.0 Å². The van der Waals surface area contributed by atoms with Gasteiger partial charge in [-0.05, 0) is 69.2 Å². The van der Waals surface area contributed by atoms with E-state index in [2.05, 4.69) is 5.32 Å². The molecule has 7 nitrogen and oxygen atoms in total. The van der Waals surface area contributed by atoms with Gasteiger partial charge in [-0.25, -0.2) is 4.39 Å². The molecule has 1 atom stereocenters. The molecule has 0 radical (unpaired) electrons. The number of hydrogen-bond acceptors (Lipinski definition) is 4. The first-order valence-electron chi connectivity index (χ1n) is 11.4. The molecule has 0 aromatic heterocycles. The van der Waals surface area contributed by atoms with E-state index in [1.165, 1.54) is 24.3 Å². The molecule has 2 aromatic carbocycles. The molecule has 1 heterocycles. The smallest absolute Gasteiger partial charge is 0.260 e. The van der Waals surface area contributed by atoms with Gasteiger partial charge in [0.2, 0.25) is 5.91 Å². The Balaban J connectivity index is 1.57. The Morgan fingerprint density at radius 3 is 2.50 bits per heavy atom. The number of piperidine rings is 1. The average Bonchev–Trinajstić information content (AvgIpc) is 2.84. The van der Waals surface area contributed by atoms with Crippen LogP contribution in [0.5, 0.6) is 5.75 Å². The summed E-state index contributed by atoms with van der Waals surface area (Å²) in [6, 6.07) is 10.2. The number of halogens is 2. The summed E-state index contributed by atoms with van der Waals surface area (Å²) in [5.41, 5.74) is 0.892. The van der Waals surface area contributed by atoms with Gasteiger partial charge in [-0.1, -0.05) is 11.6 Å². The first-order valence-corrected chi connectivity index (χ1v) is 11.8. The number of carbonyl (C=O) groups excluding carboxylic acids is 3. The summed E-state index contributed by atoms with van der Waals surface area (Å²) >= 11 is 6.29. The van der Waals surface area contributed by atoms with Crippen molar-refractivity contribution in [3.63, 3.8) is 0 Å². The molecule has 1 unspecified atom stereocenters. The highest BCUT2D eigenvalue weighted by molar-refractivity contribution is 6.32. The number of amides is 3. The molecule has 0 bridgehead atoms. The predicted octanol–water partition coefficient (Wildman–Crippen LogP) is 4.22. The molecule has 34 heavy (non-hydrogen) atoms. The van der Waals surface area contributed by atoms with Gasteiger partial charge in [0.1, 0.15) is 11.6 Å². The summed E-state index contributed by atoms with van der Waals surface area (Å²) in [4.78, 5) is 41.0. The first kappa shape index (κ1) is 25.5. The molecule has 3 amide bonds. The van der Waals surface area contributed by atoms with Crippen molar-refractivity contribution in [2.24, 2.45) is 5.92 Å². The molecule has 1 aliphatic rings. The second-order valence-electron chi connectivity index (χ2n) is 8.09. The molecule has 1 aliphatic heterocycles. The maximum Gasteiger partial charge on any atom is 0.260 e. The van der Waals surface area contributed by atoms with Gasteiger partial charge in [0, 0.05) is 37.4 Å². The topological polar surface area (TPSA) is 79.0 Å². The number of likely N-dealkylation sites (N-methyl/N-ethyl adjacent to an activating group) is 1. The molecule has 3 rings (SSSR count). The van der Waals surface area contributed by atoms with E-state index in [1.807, 2.05) is 13.8 Å². The van der Waals surface area contributed by atoms with E-state index >= 15 is 0 Å². The molecule has 1 N–H and O–H groups in total. The van der Waals surface area contributed by atoms with Crippen molar-refractivity contribution in [2.45, 2.75) is 26.7 Å². The lowest BCUT2D eigenvalue weighted by atomic mass is 9.96. The number of nitrogens with one attached hydrogen (secondary N) is 1. The fourth-order valence-electron chi connectivity index (χ4n) is 3.90. The normalized spacial score (nSPS) is 15.5. The fourth-order valence-corrected chi connectivity index (χ4v) is 4.13. The highest BCUT2D eigenvalue weighted by Gasteiger charge is 2.29. The lowest BCUT2D eigenvalue weighted by Gasteiger charge is -2.32. The maximum atomic E-state index is 13.1. The van der Waals surface area contributed by atoms with Gasteiger partial charge < -0.3 is 19.9 Å². The lowest BCUT2D eigenvalue weighted by Crippen LogP contribution is -2.43. The number of likely N-dealkylation sites (tertiary alicyclic amines) is 1. The largest absolute Gasteiger partial charge is 0.482 e. The van der Waals surface area contributed by atoms with Crippen LogP contribution in [0.4, 0.5) is 10.1 Å². The van der Waals surface area contributed by atoms with Crippen LogP contribution in [-0.2, 0) is 9.59 Å². The van der Waals surface area contributed by atoms with Gasteiger partial charge in [0.05, 0.1) is 10.9 Å². The summed E-state index contributed by atoms with van der Waals surface area (Å²) in [6.07, 6.45) is 1.35. The van der Waals surface area contributed by atoms with Gasteiger partial charge >= 0.3 is 0 Å². The zero-order chi connectivity index (χ0) is 24.7. The van der Waals surface area contributed by atoms with Crippen LogP contribution in [-0.4, -0.2) is 60.3 Å². The predicted molar refractivity (Wildman–Crippen MR) is 129 cm³/mol. The van der Waals surface area contributed by atoms with Crippen LogP contribution < -0.4 is 10.1 Å². The van der Waals surface area contributed by atoms with Crippen molar-refractivity contribution < 1.29 is 23.5 Å². The molecule has 2 aromatic rings. The van der Waals surface area contributed by atoms with E-state index in [0.29, 0.717) is 49.5 Å². The number of nitrogens with zero attached hydrogens (tertiary/aromatic N) is 2. The molecule has 0 saturated carbocycles. The van der Waals surface area contributed by atoms with Gasteiger partial charge in [-0.15, -0.1) is 0 Å². The van der Waals surface area contributed by atoms with E-state index < -0.39 is 5.82 Å². The number of rotatable bonds is 8. The number of anilines is 1. The monoisotopic (exact) mass is 489 g/mol. The zero-order valence-corrected chi connectivity index (χ0v) is 20.1. The Hall–Kier alpha value is -3.13. The summed E-state index contributed by atoms with van der Waals surface area (Å²) in [5.74, 6) is -0.985. The number of carbonyl (C=O) groups is 3. The van der Waals surface area contributed by atoms with Crippen molar-refractivity contribution in [1.82, 2.24) is 9.80 Å². The maximum absolute atomic E-state index is 13.1. The van der Waals surface area contributed by atoms with E-state index in [0.717, 1.165) is 0 Å². The minimum atomic E-state index is -0.405. The summed E-state index contributed by atoms with van der Waals surface area (Å²) in [6.45, 7) is 5.71. The van der Waals surface area contributed by atoms with Crippen LogP contribution in [0.25, 0.3) is 0 Å². The molecule has 1 fully saturated rings. The molecular formula is C25H29ClFN3O4. The van der Waals surface area contributed by atoms with E-state index in [-0.39, 0.29) is 41.8 Å². The van der Waals surface area contributed by atoms with Gasteiger partial charge in [0.25, 0.3) is 11.8 Å². The van der Waals surface area contributed by atoms with Gasteiger partial charge in [0.15, 0.2) is 6.61 Å². The van der Waals surface area contributed by atoms with Crippen LogP contribution >= 0.6 is 11.6 Å². The van der Waals surface area contributed by atoms with Gasteiger partial charge in [-0.2, -0.15) is 0 Å². The van der Waals surface area contributed by atoms with Crippen molar-refractivity contribution in [3.05, 3.63) is 58.9 Å². The number of hydrogen-bond donors (Lipinski definition) is 1. The first-order chi connectivity index (χ1) is 16.3. The number of ether oxygens (including phenoxy) is 1. The van der Waals surface area contributed by atoms with Crippen LogP contribution in [0.2, 0.25) is 5.02 Å². The van der Waals surface area contributed by atoms with E-state index in [4.69, 9.17) is 16.3 Å². The second kappa shape index (κ2) is 11.8. The third-order valence-corrected chi connectivity index (χ3v) is 6.13. The fraction of sp³-hybridized carbons (Fsp3) is 0.400. The number of benzene rings is 2. The van der Waals surface area contributed by atoms with Gasteiger partial charge in [-0.3, -0.25) is 14.4 Å². The van der Waals surface area contributed by atoms with Crippen LogP contribution in [0.3, 0.4) is 0 Å². The second-order valence-corrected chi connectivity index (χ2v) is 8.49. The summed E-state index contributed by atoms with van der Waals surface area (Å²) < 4.78 is 18.7. The Kier molecular flexibility index (Phi) is 8.87. The summed E-state index contributed by atoms with van der Waals surface area (Å²) in [7, 11) is 0. The standard InChI is InChI=1S/C25H29ClFN3O4/c1-3-29(4-2)23(31)16-34-22-12-11-20(14-21(22)26)28-24(32)18-6-5-13-30(15-18)25(33)17-7-9-19(27)10-8-17/h7-12,14,18H,3-6,13,15-16H2,1-2H3,(H,28,32). The molecule has 182 valence electrons.